The van der Waals surface area contributed by atoms with Gasteiger partial charge in [-0.3, -0.25) is 0 Å². The Hall–Kier alpha value is -0.610. The number of aromatic nitrogens is 1. The fourth-order valence-electron chi connectivity index (χ4n) is 2.78. The number of nitrogens with zero attached hydrogens (tertiary/aromatic N) is 2. The molecule has 0 amide bonds. The molecule has 4 heteroatoms. The monoisotopic (exact) mass is 295 g/mol. The Kier molecular flexibility index (Phi) is 5.44. The van der Waals surface area contributed by atoms with Gasteiger partial charge in [0, 0.05) is 24.0 Å². The Balaban J connectivity index is 2.02. The van der Waals surface area contributed by atoms with Crippen molar-refractivity contribution in [3.8, 4) is 0 Å². The molecule has 1 aliphatic rings. The first-order valence-corrected chi connectivity index (χ1v) is 8.74. The predicted molar refractivity (Wildman–Crippen MR) is 88.6 cm³/mol. The number of anilines is 1. The number of hydrogen-bond donors (Lipinski definition) is 1. The lowest BCUT2D eigenvalue weighted by molar-refractivity contribution is 0.363. The van der Waals surface area contributed by atoms with Crippen LogP contribution in [0.15, 0.2) is 0 Å². The Morgan fingerprint density at radius 3 is 2.85 bits per heavy atom. The molecule has 1 aliphatic heterocycles. The fraction of sp³-hybridized carbons (Fsp3) is 0.812. The van der Waals surface area contributed by atoms with Gasteiger partial charge in [0.15, 0.2) is 5.13 Å². The Morgan fingerprint density at radius 1 is 1.40 bits per heavy atom. The van der Waals surface area contributed by atoms with Crippen molar-refractivity contribution < 1.29 is 0 Å². The van der Waals surface area contributed by atoms with E-state index in [9.17, 15) is 0 Å². The van der Waals surface area contributed by atoms with Crippen LogP contribution in [0.5, 0.6) is 0 Å². The van der Waals surface area contributed by atoms with E-state index >= 15 is 0 Å². The molecule has 0 bridgehead atoms. The SMILES string of the molecule is Cc1nc(N2CCCC(C)C2C)sc1CNCC(C)C. The maximum Gasteiger partial charge on any atom is 0.186 e. The summed E-state index contributed by atoms with van der Waals surface area (Å²) in [5, 5.41) is 4.76. The van der Waals surface area contributed by atoms with Crippen LogP contribution in [0.1, 0.15) is 51.1 Å². The third kappa shape index (κ3) is 3.73. The van der Waals surface area contributed by atoms with E-state index in [1.807, 2.05) is 11.3 Å². The van der Waals surface area contributed by atoms with E-state index in [-0.39, 0.29) is 0 Å². The minimum absolute atomic E-state index is 0.616. The average molecular weight is 295 g/mol. The van der Waals surface area contributed by atoms with Crippen molar-refractivity contribution in [3.63, 3.8) is 0 Å². The van der Waals surface area contributed by atoms with E-state index in [1.54, 1.807) is 0 Å². The lowest BCUT2D eigenvalue weighted by Gasteiger charge is -2.37. The van der Waals surface area contributed by atoms with Gasteiger partial charge in [0.25, 0.3) is 0 Å². The lowest BCUT2D eigenvalue weighted by Crippen LogP contribution is -2.42. The van der Waals surface area contributed by atoms with Gasteiger partial charge in [0.2, 0.25) is 0 Å². The first-order chi connectivity index (χ1) is 9.49. The van der Waals surface area contributed by atoms with Gasteiger partial charge in [-0.25, -0.2) is 4.98 Å². The summed E-state index contributed by atoms with van der Waals surface area (Å²) >= 11 is 1.88. The van der Waals surface area contributed by atoms with E-state index in [2.05, 4.69) is 44.8 Å². The molecule has 3 nitrogen and oxygen atoms in total. The van der Waals surface area contributed by atoms with Gasteiger partial charge in [-0.1, -0.05) is 20.8 Å². The lowest BCUT2D eigenvalue weighted by atomic mass is 9.93. The molecule has 2 rings (SSSR count). The van der Waals surface area contributed by atoms with E-state index < -0.39 is 0 Å². The molecule has 0 radical (unpaired) electrons. The Morgan fingerprint density at radius 2 is 2.15 bits per heavy atom. The highest BCUT2D eigenvalue weighted by atomic mass is 32.1. The summed E-state index contributed by atoms with van der Waals surface area (Å²) in [6, 6.07) is 0.616. The van der Waals surface area contributed by atoms with Crippen LogP contribution in [-0.2, 0) is 6.54 Å². The van der Waals surface area contributed by atoms with Crippen LogP contribution in [0.4, 0.5) is 5.13 Å². The topological polar surface area (TPSA) is 28.2 Å². The number of hydrogen-bond acceptors (Lipinski definition) is 4. The van der Waals surface area contributed by atoms with Crippen molar-refractivity contribution in [3.05, 3.63) is 10.6 Å². The first kappa shape index (κ1) is 15.8. The molecule has 1 N–H and O–H groups in total. The molecule has 1 aromatic heterocycles. The van der Waals surface area contributed by atoms with Crippen LogP contribution < -0.4 is 10.2 Å². The van der Waals surface area contributed by atoms with E-state index in [4.69, 9.17) is 4.98 Å². The van der Waals surface area contributed by atoms with E-state index in [1.165, 1.54) is 28.5 Å². The molecule has 2 unspecified atom stereocenters. The standard InChI is InChI=1S/C16H29N3S/c1-11(2)9-17-10-15-13(4)18-16(20-15)19-8-6-7-12(3)14(19)5/h11-12,14,17H,6-10H2,1-5H3. The zero-order valence-electron chi connectivity index (χ0n) is 13.6. The smallest absolute Gasteiger partial charge is 0.186 e. The molecule has 0 aromatic carbocycles. The molecule has 0 saturated carbocycles. The Bertz CT molecular complexity index is 427. The highest BCUT2D eigenvalue weighted by Crippen LogP contribution is 2.32. The maximum atomic E-state index is 4.82. The molecule has 2 atom stereocenters. The zero-order valence-corrected chi connectivity index (χ0v) is 14.4. The average Bonchev–Trinajstić information content (AvgIpc) is 2.74. The van der Waals surface area contributed by atoms with Crippen LogP contribution in [0.25, 0.3) is 0 Å². The van der Waals surface area contributed by atoms with Crippen LogP contribution in [0.3, 0.4) is 0 Å². The van der Waals surface area contributed by atoms with Crippen molar-refractivity contribution in [1.82, 2.24) is 10.3 Å². The number of rotatable bonds is 5. The number of aryl methyl sites for hydroxylation is 1. The molecule has 0 spiro atoms. The van der Waals surface area contributed by atoms with Gasteiger partial charge >= 0.3 is 0 Å². The van der Waals surface area contributed by atoms with E-state index in [0.717, 1.165) is 25.6 Å². The molecule has 1 fully saturated rings. The molecule has 2 heterocycles. The summed E-state index contributed by atoms with van der Waals surface area (Å²) in [6.45, 7) is 14.5. The molecule has 20 heavy (non-hydrogen) atoms. The zero-order chi connectivity index (χ0) is 14.7. The number of nitrogens with one attached hydrogen (secondary N) is 1. The van der Waals surface area contributed by atoms with E-state index in [0.29, 0.717) is 12.0 Å². The number of piperidine rings is 1. The van der Waals surface area contributed by atoms with Gasteiger partial charge in [-0.05, 0) is 45.1 Å². The summed E-state index contributed by atoms with van der Waals surface area (Å²) in [6.07, 6.45) is 2.65. The molecule has 1 aromatic rings. The van der Waals surface area contributed by atoms with Crippen LogP contribution >= 0.6 is 11.3 Å². The highest BCUT2D eigenvalue weighted by Gasteiger charge is 2.27. The van der Waals surface area contributed by atoms with Gasteiger partial charge < -0.3 is 10.2 Å². The van der Waals surface area contributed by atoms with Crippen molar-refractivity contribution in [2.45, 2.75) is 60.0 Å². The molecule has 1 saturated heterocycles. The van der Waals surface area contributed by atoms with Crippen molar-refractivity contribution >= 4 is 16.5 Å². The number of thiazole rings is 1. The molecule has 0 aliphatic carbocycles. The van der Waals surface area contributed by atoms with Crippen molar-refractivity contribution in [2.75, 3.05) is 18.0 Å². The second kappa shape index (κ2) is 6.90. The summed E-state index contributed by atoms with van der Waals surface area (Å²) in [5.74, 6) is 1.47. The predicted octanol–water partition coefficient (Wildman–Crippen LogP) is 3.82. The first-order valence-electron chi connectivity index (χ1n) is 7.92. The summed E-state index contributed by atoms with van der Waals surface area (Å²) in [5.41, 5.74) is 1.20. The van der Waals surface area contributed by atoms with Gasteiger partial charge in [0.1, 0.15) is 0 Å². The van der Waals surface area contributed by atoms with Crippen LogP contribution in [0.2, 0.25) is 0 Å². The highest BCUT2D eigenvalue weighted by molar-refractivity contribution is 7.15. The normalized spacial score (nSPS) is 23.6. The second-order valence-electron chi connectivity index (χ2n) is 6.58. The Labute approximate surface area is 127 Å². The van der Waals surface area contributed by atoms with Crippen molar-refractivity contribution in [1.29, 1.82) is 0 Å². The third-order valence-corrected chi connectivity index (χ3v) is 5.53. The second-order valence-corrected chi connectivity index (χ2v) is 7.65. The minimum Gasteiger partial charge on any atom is -0.345 e. The molecular formula is C16H29N3S. The van der Waals surface area contributed by atoms with Crippen LogP contribution in [-0.4, -0.2) is 24.1 Å². The van der Waals surface area contributed by atoms with Crippen molar-refractivity contribution in [2.24, 2.45) is 11.8 Å². The van der Waals surface area contributed by atoms with Gasteiger partial charge in [0.05, 0.1) is 5.69 Å². The molecular weight excluding hydrogens is 266 g/mol. The quantitative estimate of drug-likeness (QED) is 0.895. The minimum atomic E-state index is 0.616. The maximum absolute atomic E-state index is 4.82. The summed E-state index contributed by atoms with van der Waals surface area (Å²) in [7, 11) is 0. The van der Waals surface area contributed by atoms with Gasteiger partial charge in [-0.15, -0.1) is 11.3 Å². The molecule has 114 valence electrons. The largest absolute Gasteiger partial charge is 0.345 e. The van der Waals surface area contributed by atoms with Gasteiger partial charge in [-0.2, -0.15) is 0 Å². The fourth-order valence-corrected chi connectivity index (χ4v) is 3.92. The summed E-state index contributed by atoms with van der Waals surface area (Å²) < 4.78 is 0. The third-order valence-electron chi connectivity index (χ3n) is 4.34. The summed E-state index contributed by atoms with van der Waals surface area (Å²) in [4.78, 5) is 8.73. The van der Waals surface area contributed by atoms with Crippen LogP contribution in [0, 0.1) is 18.8 Å².